The van der Waals surface area contributed by atoms with Crippen LogP contribution in [0.4, 0.5) is 10.8 Å². The van der Waals surface area contributed by atoms with Gasteiger partial charge in [-0.2, -0.15) is 4.37 Å². The summed E-state index contributed by atoms with van der Waals surface area (Å²) in [5.74, 6) is 1.95. The molecule has 0 bridgehead atoms. The van der Waals surface area contributed by atoms with Crippen molar-refractivity contribution in [1.29, 1.82) is 0 Å². The van der Waals surface area contributed by atoms with E-state index in [1.54, 1.807) is 0 Å². The highest BCUT2D eigenvalue weighted by atomic mass is 32.1. The van der Waals surface area contributed by atoms with Crippen LogP contribution < -0.4 is 15.4 Å². The third-order valence-electron chi connectivity index (χ3n) is 3.34. The Hall–Kier alpha value is -0.970. The minimum Gasteiger partial charge on any atom is -0.484 e. The van der Waals surface area contributed by atoms with Crippen LogP contribution in [0.3, 0.4) is 0 Å². The average Bonchev–Trinajstić information content (AvgIpc) is 2.86. The molecule has 0 radical (unpaired) electrons. The zero-order valence-electron chi connectivity index (χ0n) is 11.6. The monoisotopic (exact) mass is 269 g/mol. The molecule has 0 aromatic carbocycles. The van der Waals surface area contributed by atoms with Crippen LogP contribution in [0.15, 0.2) is 0 Å². The summed E-state index contributed by atoms with van der Waals surface area (Å²) in [5.41, 5.74) is 5.93. The van der Waals surface area contributed by atoms with E-state index in [0.717, 1.165) is 17.3 Å². The summed E-state index contributed by atoms with van der Waals surface area (Å²) in [5, 5.41) is 1.11. The molecule has 2 heterocycles. The zero-order chi connectivity index (χ0) is 13.3. The summed E-state index contributed by atoms with van der Waals surface area (Å²) in [4.78, 5) is 2.43. The first-order valence-electron chi connectivity index (χ1n) is 6.69. The predicted octanol–water partition coefficient (Wildman–Crippen LogP) is 3.14. The van der Waals surface area contributed by atoms with Crippen LogP contribution >= 0.6 is 11.5 Å². The number of hydrogen-bond donors (Lipinski definition) is 1. The van der Waals surface area contributed by atoms with E-state index >= 15 is 0 Å². The van der Waals surface area contributed by atoms with E-state index in [1.165, 1.54) is 24.4 Å². The SMILES string of the molecule is CC(C)Oc1c(N)nsc1N1CCCC1C(C)C. The standard InChI is InChI=1S/C13H23N3OS/c1-8(2)10-6-5-7-16(10)13-11(17-9(3)4)12(14)15-18-13/h8-10H,5-7H2,1-4H3,(H2,14,15). The highest BCUT2D eigenvalue weighted by Gasteiger charge is 2.31. The molecule has 1 aromatic heterocycles. The summed E-state index contributed by atoms with van der Waals surface area (Å²) in [6.45, 7) is 9.67. The van der Waals surface area contributed by atoms with Crippen LogP contribution in [0.25, 0.3) is 0 Å². The number of anilines is 2. The molecule has 1 aromatic rings. The van der Waals surface area contributed by atoms with Crippen LogP contribution in [0.2, 0.25) is 0 Å². The van der Waals surface area contributed by atoms with Gasteiger partial charge in [0.1, 0.15) is 0 Å². The van der Waals surface area contributed by atoms with E-state index in [2.05, 4.69) is 23.1 Å². The first kappa shape index (κ1) is 13.5. The first-order chi connectivity index (χ1) is 8.50. The van der Waals surface area contributed by atoms with E-state index in [-0.39, 0.29) is 6.10 Å². The van der Waals surface area contributed by atoms with Crippen molar-refractivity contribution < 1.29 is 4.74 Å². The van der Waals surface area contributed by atoms with Gasteiger partial charge in [-0.1, -0.05) is 13.8 Å². The Kier molecular flexibility index (Phi) is 4.00. The predicted molar refractivity (Wildman–Crippen MR) is 77.5 cm³/mol. The third kappa shape index (κ3) is 2.55. The van der Waals surface area contributed by atoms with Crippen LogP contribution in [-0.2, 0) is 0 Å². The average molecular weight is 269 g/mol. The van der Waals surface area contributed by atoms with Crippen molar-refractivity contribution in [3.8, 4) is 5.75 Å². The van der Waals surface area contributed by atoms with Gasteiger partial charge in [-0.3, -0.25) is 0 Å². The lowest BCUT2D eigenvalue weighted by atomic mass is 10.0. The highest BCUT2D eigenvalue weighted by molar-refractivity contribution is 7.11. The number of nitrogens with two attached hydrogens (primary N) is 1. The van der Waals surface area contributed by atoms with Gasteiger partial charge in [0, 0.05) is 12.6 Å². The quantitative estimate of drug-likeness (QED) is 0.912. The fraction of sp³-hybridized carbons (Fsp3) is 0.769. The number of ether oxygens (including phenoxy) is 1. The summed E-state index contributed by atoms with van der Waals surface area (Å²) < 4.78 is 10.1. The molecule has 1 fully saturated rings. The summed E-state index contributed by atoms with van der Waals surface area (Å²) in [7, 11) is 0. The fourth-order valence-electron chi connectivity index (χ4n) is 2.55. The lowest BCUT2D eigenvalue weighted by Gasteiger charge is -2.29. The molecule has 1 aliphatic heterocycles. The Morgan fingerprint density at radius 2 is 2.11 bits per heavy atom. The second-order valence-corrected chi connectivity index (χ2v) is 6.27. The Morgan fingerprint density at radius 1 is 1.39 bits per heavy atom. The van der Waals surface area contributed by atoms with E-state index in [0.29, 0.717) is 17.8 Å². The molecule has 0 saturated carbocycles. The Morgan fingerprint density at radius 3 is 2.72 bits per heavy atom. The maximum atomic E-state index is 5.93. The lowest BCUT2D eigenvalue weighted by molar-refractivity contribution is 0.244. The van der Waals surface area contributed by atoms with Crippen LogP contribution in [0, 0.1) is 5.92 Å². The molecular formula is C13H23N3OS. The van der Waals surface area contributed by atoms with Gasteiger partial charge in [-0.25, -0.2) is 0 Å². The second kappa shape index (κ2) is 5.34. The van der Waals surface area contributed by atoms with Gasteiger partial charge in [0.25, 0.3) is 0 Å². The van der Waals surface area contributed by atoms with E-state index in [9.17, 15) is 0 Å². The highest BCUT2D eigenvalue weighted by Crippen LogP contribution is 2.43. The summed E-state index contributed by atoms with van der Waals surface area (Å²) in [6, 6.07) is 0.583. The van der Waals surface area contributed by atoms with E-state index < -0.39 is 0 Å². The maximum absolute atomic E-state index is 5.93. The van der Waals surface area contributed by atoms with Crippen molar-refractivity contribution in [3.63, 3.8) is 0 Å². The molecule has 0 amide bonds. The molecule has 2 N–H and O–H groups in total. The Bertz CT molecular complexity index is 403. The molecule has 1 saturated heterocycles. The lowest BCUT2D eigenvalue weighted by Crippen LogP contribution is -2.33. The molecular weight excluding hydrogens is 246 g/mol. The summed E-state index contributed by atoms with van der Waals surface area (Å²) in [6.07, 6.45) is 2.61. The first-order valence-corrected chi connectivity index (χ1v) is 7.46. The van der Waals surface area contributed by atoms with Crippen molar-refractivity contribution in [2.75, 3.05) is 17.2 Å². The molecule has 2 rings (SSSR count). The summed E-state index contributed by atoms with van der Waals surface area (Å²) >= 11 is 1.46. The number of nitrogen functional groups attached to an aromatic ring is 1. The zero-order valence-corrected chi connectivity index (χ0v) is 12.5. The van der Waals surface area contributed by atoms with E-state index in [4.69, 9.17) is 10.5 Å². The van der Waals surface area contributed by atoms with Gasteiger partial charge in [0.15, 0.2) is 16.6 Å². The van der Waals surface area contributed by atoms with Gasteiger partial charge >= 0.3 is 0 Å². The molecule has 0 aliphatic carbocycles. The van der Waals surface area contributed by atoms with Gasteiger partial charge < -0.3 is 15.4 Å². The van der Waals surface area contributed by atoms with Crippen molar-refractivity contribution in [1.82, 2.24) is 4.37 Å². The van der Waals surface area contributed by atoms with Gasteiger partial charge in [0.05, 0.1) is 6.10 Å². The smallest absolute Gasteiger partial charge is 0.198 e. The Balaban J connectivity index is 2.27. The van der Waals surface area contributed by atoms with Gasteiger partial charge in [-0.05, 0) is 44.1 Å². The molecule has 1 atom stereocenters. The Labute approximate surface area is 113 Å². The second-order valence-electron chi connectivity index (χ2n) is 5.52. The van der Waals surface area contributed by atoms with Gasteiger partial charge in [0.2, 0.25) is 0 Å². The molecule has 0 spiro atoms. The fourth-order valence-corrected chi connectivity index (χ4v) is 3.39. The van der Waals surface area contributed by atoms with E-state index in [1.807, 2.05) is 13.8 Å². The molecule has 18 heavy (non-hydrogen) atoms. The van der Waals surface area contributed by atoms with Crippen molar-refractivity contribution >= 4 is 22.4 Å². The molecule has 5 heteroatoms. The van der Waals surface area contributed by atoms with Crippen LogP contribution in [-0.4, -0.2) is 23.1 Å². The number of nitrogens with zero attached hydrogens (tertiary/aromatic N) is 2. The minimum atomic E-state index is 0.127. The molecule has 1 unspecified atom stereocenters. The van der Waals surface area contributed by atoms with Crippen molar-refractivity contribution in [2.45, 2.75) is 52.7 Å². The number of hydrogen-bond acceptors (Lipinski definition) is 5. The number of rotatable bonds is 4. The largest absolute Gasteiger partial charge is 0.484 e. The normalized spacial score (nSPS) is 20.1. The minimum absolute atomic E-state index is 0.127. The van der Waals surface area contributed by atoms with Crippen LogP contribution in [0.1, 0.15) is 40.5 Å². The van der Waals surface area contributed by atoms with Crippen molar-refractivity contribution in [2.24, 2.45) is 5.92 Å². The molecule has 102 valence electrons. The molecule has 1 aliphatic rings. The number of aromatic nitrogens is 1. The topological polar surface area (TPSA) is 51.4 Å². The molecule has 4 nitrogen and oxygen atoms in total. The maximum Gasteiger partial charge on any atom is 0.198 e. The van der Waals surface area contributed by atoms with Gasteiger partial charge in [-0.15, -0.1) is 0 Å². The third-order valence-corrected chi connectivity index (χ3v) is 4.22. The van der Waals surface area contributed by atoms with Crippen molar-refractivity contribution in [3.05, 3.63) is 0 Å². The van der Waals surface area contributed by atoms with Crippen LogP contribution in [0.5, 0.6) is 5.75 Å².